The minimum absolute atomic E-state index is 0. The molecule has 1 aromatic rings. The minimum atomic E-state index is -3.04. The molecule has 0 unspecified atom stereocenters. The number of aliphatic imine (C=N–C) groups is 1. The number of hydrogen-bond acceptors (Lipinski definition) is 4. The SMILES string of the molecule is CCN(CCCNC(=NC)N1CCS(=O)(=O)C(C)(C)C1)c1ccccc1.I. The van der Waals surface area contributed by atoms with Gasteiger partial charge in [-0.3, -0.25) is 4.99 Å². The fourth-order valence-corrected chi connectivity index (χ4v) is 4.60. The molecule has 0 amide bonds. The lowest BCUT2D eigenvalue weighted by Crippen LogP contribution is -2.57. The van der Waals surface area contributed by atoms with Gasteiger partial charge in [-0.15, -0.1) is 24.0 Å². The lowest BCUT2D eigenvalue weighted by Gasteiger charge is -2.39. The highest BCUT2D eigenvalue weighted by atomic mass is 127. The molecule has 8 heteroatoms. The summed E-state index contributed by atoms with van der Waals surface area (Å²) in [6.45, 7) is 9.45. The fourth-order valence-electron chi connectivity index (χ4n) is 3.24. The zero-order valence-corrected chi connectivity index (χ0v) is 20.0. The Hall–Kier alpha value is -1.03. The van der Waals surface area contributed by atoms with E-state index in [2.05, 4.69) is 51.3 Å². The van der Waals surface area contributed by atoms with Crippen LogP contribution in [-0.4, -0.2) is 69.5 Å². The first-order chi connectivity index (χ1) is 12.3. The largest absolute Gasteiger partial charge is 0.372 e. The highest BCUT2D eigenvalue weighted by Crippen LogP contribution is 2.23. The average Bonchev–Trinajstić information content (AvgIpc) is 2.62. The predicted octanol–water partition coefficient (Wildman–Crippen LogP) is 2.61. The summed E-state index contributed by atoms with van der Waals surface area (Å²) in [6.07, 6.45) is 0.983. The normalized spacial score (nSPS) is 18.5. The van der Waals surface area contributed by atoms with Crippen LogP contribution in [0.1, 0.15) is 27.2 Å². The summed E-state index contributed by atoms with van der Waals surface area (Å²) in [5, 5.41) is 3.39. The van der Waals surface area contributed by atoms with E-state index in [-0.39, 0.29) is 29.7 Å². The molecule has 0 aromatic heterocycles. The molecule has 0 aliphatic carbocycles. The van der Waals surface area contributed by atoms with Crippen LogP contribution in [0.15, 0.2) is 35.3 Å². The summed E-state index contributed by atoms with van der Waals surface area (Å²) in [5.74, 6) is 0.967. The van der Waals surface area contributed by atoms with E-state index in [1.54, 1.807) is 20.9 Å². The van der Waals surface area contributed by atoms with Crippen molar-refractivity contribution in [1.82, 2.24) is 10.2 Å². The van der Waals surface area contributed by atoms with Gasteiger partial charge in [0.2, 0.25) is 0 Å². The Morgan fingerprint density at radius 2 is 1.96 bits per heavy atom. The summed E-state index contributed by atoms with van der Waals surface area (Å²) >= 11 is 0. The molecule has 0 radical (unpaired) electrons. The lowest BCUT2D eigenvalue weighted by atomic mass is 10.2. The smallest absolute Gasteiger partial charge is 0.193 e. The number of hydrogen-bond donors (Lipinski definition) is 1. The van der Waals surface area contributed by atoms with E-state index in [4.69, 9.17) is 0 Å². The van der Waals surface area contributed by atoms with Crippen molar-refractivity contribution in [3.8, 4) is 0 Å². The molecular formula is C19H33IN4O2S. The van der Waals surface area contributed by atoms with Gasteiger partial charge in [-0.2, -0.15) is 0 Å². The van der Waals surface area contributed by atoms with Crippen molar-refractivity contribution in [3.05, 3.63) is 30.3 Å². The van der Waals surface area contributed by atoms with Gasteiger partial charge in [0.15, 0.2) is 15.8 Å². The number of guanidine groups is 1. The maximum absolute atomic E-state index is 12.2. The molecule has 0 atom stereocenters. The standard InChI is InChI=1S/C19H32N4O2S.HI/c1-5-22(17-10-7-6-8-11-17)13-9-12-21-18(20-4)23-14-15-26(24,25)19(2,3)16-23;/h6-8,10-11H,5,9,12-16H2,1-4H3,(H,20,21);1H. The van der Waals surface area contributed by atoms with E-state index < -0.39 is 14.6 Å². The third-order valence-electron chi connectivity index (χ3n) is 4.95. The predicted molar refractivity (Wildman–Crippen MR) is 125 cm³/mol. The first-order valence-corrected chi connectivity index (χ1v) is 10.9. The molecule has 1 aliphatic rings. The number of nitrogens with one attached hydrogen (secondary N) is 1. The third-order valence-corrected chi connectivity index (χ3v) is 7.48. The van der Waals surface area contributed by atoms with Crippen LogP contribution < -0.4 is 10.2 Å². The summed E-state index contributed by atoms with van der Waals surface area (Å²) in [7, 11) is -1.29. The monoisotopic (exact) mass is 508 g/mol. The van der Waals surface area contributed by atoms with E-state index in [9.17, 15) is 8.42 Å². The Morgan fingerprint density at radius 3 is 2.52 bits per heavy atom. The highest BCUT2D eigenvalue weighted by Gasteiger charge is 2.40. The van der Waals surface area contributed by atoms with Crippen molar-refractivity contribution >= 4 is 45.5 Å². The fraction of sp³-hybridized carbons (Fsp3) is 0.632. The molecule has 1 aromatic carbocycles. The number of sulfone groups is 1. The van der Waals surface area contributed by atoms with Gasteiger partial charge in [-0.05, 0) is 39.3 Å². The van der Waals surface area contributed by atoms with E-state index in [0.717, 1.165) is 32.0 Å². The van der Waals surface area contributed by atoms with Gasteiger partial charge in [-0.25, -0.2) is 8.42 Å². The van der Waals surface area contributed by atoms with Gasteiger partial charge in [0.1, 0.15) is 0 Å². The maximum atomic E-state index is 12.2. The number of benzene rings is 1. The van der Waals surface area contributed by atoms with E-state index in [0.29, 0.717) is 13.1 Å². The molecule has 1 N–H and O–H groups in total. The lowest BCUT2D eigenvalue weighted by molar-refractivity contribution is 0.353. The third kappa shape index (κ3) is 6.23. The molecule has 0 saturated carbocycles. The molecule has 0 bridgehead atoms. The number of rotatable bonds is 6. The van der Waals surface area contributed by atoms with Crippen LogP contribution in [0.4, 0.5) is 5.69 Å². The molecule has 0 spiro atoms. The zero-order valence-electron chi connectivity index (χ0n) is 16.8. The number of anilines is 1. The summed E-state index contributed by atoms with van der Waals surface area (Å²) < 4.78 is 23.6. The second-order valence-corrected chi connectivity index (χ2v) is 9.99. The Kier molecular flexibility index (Phi) is 9.33. The first-order valence-electron chi connectivity index (χ1n) is 9.28. The van der Waals surface area contributed by atoms with Crippen molar-refractivity contribution in [3.63, 3.8) is 0 Å². The molecule has 154 valence electrons. The number of nitrogens with zero attached hydrogens (tertiary/aromatic N) is 3. The quantitative estimate of drug-likeness (QED) is 0.277. The van der Waals surface area contributed by atoms with Crippen molar-refractivity contribution in [2.45, 2.75) is 31.9 Å². The minimum Gasteiger partial charge on any atom is -0.372 e. The van der Waals surface area contributed by atoms with E-state index in [1.165, 1.54) is 5.69 Å². The Morgan fingerprint density at radius 1 is 1.30 bits per heavy atom. The van der Waals surface area contributed by atoms with Crippen LogP contribution in [0.25, 0.3) is 0 Å². The van der Waals surface area contributed by atoms with Crippen LogP contribution in [0.3, 0.4) is 0 Å². The Bertz CT molecular complexity index is 708. The van der Waals surface area contributed by atoms with Gasteiger partial charge in [0.05, 0.1) is 10.5 Å². The summed E-state index contributed by atoms with van der Waals surface area (Å²) in [6, 6.07) is 10.4. The van der Waals surface area contributed by atoms with Crippen LogP contribution in [0.2, 0.25) is 0 Å². The van der Waals surface area contributed by atoms with Crippen LogP contribution >= 0.6 is 24.0 Å². The Balaban J connectivity index is 0.00000364. The summed E-state index contributed by atoms with van der Waals surface area (Å²) in [4.78, 5) is 8.74. The zero-order chi connectivity index (χ0) is 19.2. The van der Waals surface area contributed by atoms with Gasteiger partial charge in [0, 0.05) is 45.5 Å². The number of para-hydroxylation sites is 1. The molecular weight excluding hydrogens is 475 g/mol. The van der Waals surface area contributed by atoms with Crippen molar-refractivity contribution in [2.75, 3.05) is 50.4 Å². The van der Waals surface area contributed by atoms with Crippen LogP contribution in [-0.2, 0) is 9.84 Å². The van der Waals surface area contributed by atoms with Gasteiger partial charge in [-0.1, -0.05) is 18.2 Å². The highest BCUT2D eigenvalue weighted by molar-refractivity contribution is 14.0. The topological polar surface area (TPSA) is 65.0 Å². The molecule has 1 fully saturated rings. The molecule has 1 heterocycles. The molecule has 6 nitrogen and oxygen atoms in total. The first kappa shape index (κ1) is 24.0. The van der Waals surface area contributed by atoms with E-state index in [1.807, 2.05) is 6.07 Å². The van der Waals surface area contributed by atoms with Gasteiger partial charge < -0.3 is 15.1 Å². The maximum Gasteiger partial charge on any atom is 0.193 e. The van der Waals surface area contributed by atoms with E-state index >= 15 is 0 Å². The van der Waals surface area contributed by atoms with Gasteiger partial charge in [0.25, 0.3) is 0 Å². The molecule has 1 aliphatic heterocycles. The summed E-state index contributed by atoms with van der Waals surface area (Å²) in [5.41, 5.74) is 1.24. The van der Waals surface area contributed by atoms with Crippen molar-refractivity contribution in [2.24, 2.45) is 4.99 Å². The van der Waals surface area contributed by atoms with Crippen LogP contribution in [0, 0.1) is 0 Å². The second-order valence-electron chi connectivity index (χ2n) is 7.24. The number of halogens is 1. The Labute approximate surface area is 181 Å². The van der Waals surface area contributed by atoms with Crippen LogP contribution in [0.5, 0.6) is 0 Å². The van der Waals surface area contributed by atoms with Gasteiger partial charge >= 0.3 is 0 Å². The van der Waals surface area contributed by atoms with Crippen molar-refractivity contribution < 1.29 is 8.42 Å². The van der Waals surface area contributed by atoms with Crippen molar-refractivity contribution in [1.29, 1.82) is 0 Å². The molecule has 2 rings (SSSR count). The second kappa shape index (κ2) is 10.5. The molecule has 27 heavy (non-hydrogen) atoms. The molecule has 1 saturated heterocycles. The average molecular weight is 508 g/mol.